The van der Waals surface area contributed by atoms with Gasteiger partial charge in [-0.05, 0) is 24.5 Å². The molecule has 26 heavy (non-hydrogen) atoms. The highest BCUT2D eigenvalue weighted by Gasteiger charge is 2.30. The molecule has 0 amide bonds. The fourth-order valence-corrected chi connectivity index (χ4v) is 3.49. The normalized spacial score (nSPS) is 15.1. The zero-order valence-corrected chi connectivity index (χ0v) is 15.5. The number of nitriles is 1. The number of hydrogen-bond acceptors (Lipinski definition) is 6. The van der Waals surface area contributed by atoms with Crippen LogP contribution in [0.25, 0.3) is 10.9 Å². The summed E-state index contributed by atoms with van der Waals surface area (Å²) in [4.78, 5) is 6.49. The molecule has 138 valence electrons. The van der Waals surface area contributed by atoms with Crippen LogP contribution in [0.3, 0.4) is 0 Å². The molecule has 3 rings (SSSR count). The highest BCUT2D eigenvalue weighted by atomic mass is 32.2. The quantitative estimate of drug-likeness (QED) is 0.808. The standard InChI is InChI=1S/C17H21N5O3S/c1-21(26(19,23)24)6-5-12-10-22(11-12)17-13(8-18)9-20-16-7-14(25-2)3-4-15(16)17/h3-4,7,9,12H,5-6,10-11H2,1-2H3,(H2,19,23,24). The van der Waals surface area contributed by atoms with Gasteiger partial charge in [-0.3, -0.25) is 4.98 Å². The molecule has 0 saturated carbocycles. The summed E-state index contributed by atoms with van der Waals surface area (Å²) in [5.74, 6) is 1.07. The SMILES string of the molecule is COc1ccc2c(N3CC(CCN(C)S(N)(=O)=O)C3)c(C#N)cnc2c1. The van der Waals surface area contributed by atoms with Crippen LogP contribution < -0.4 is 14.8 Å². The average Bonchev–Trinajstić information content (AvgIpc) is 2.58. The number of ether oxygens (including phenoxy) is 1. The summed E-state index contributed by atoms with van der Waals surface area (Å²) in [5.41, 5.74) is 2.18. The Hall–Kier alpha value is -2.41. The van der Waals surface area contributed by atoms with Crippen LogP contribution in [-0.4, -0.2) is 51.5 Å². The molecule has 2 aromatic rings. The number of aromatic nitrogens is 1. The first-order chi connectivity index (χ1) is 12.3. The number of pyridine rings is 1. The zero-order chi connectivity index (χ0) is 18.9. The van der Waals surface area contributed by atoms with Crippen molar-refractivity contribution in [1.29, 1.82) is 5.26 Å². The molecule has 9 heteroatoms. The van der Waals surface area contributed by atoms with Crippen molar-refractivity contribution in [3.05, 3.63) is 30.0 Å². The van der Waals surface area contributed by atoms with Gasteiger partial charge in [0.25, 0.3) is 10.2 Å². The summed E-state index contributed by atoms with van der Waals surface area (Å²) in [6, 6.07) is 7.83. The van der Waals surface area contributed by atoms with Crippen molar-refractivity contribution in [1.82, 2.24) is 9.29 Å². The van der Waals surface area contributed by atoms with Crippen LogP contribution in [0.15, 0.2) is 24.4 Å². The molecule has 1 fully saturated rings. The van der Waals surface area contributed by atoms with Crippen LogP contribution >= 0.6 is 0 Å². The summed E-state index contributed by atoms with van der Waals surface area (Å²) in [5, 5.41) is 15.5. The van der Waals surface area contributed by atoms with Crippen molar-refractivity contribution < 1.29 is 13.2 Å². The van der Waals surface area contributed by atoms with E-state index in [1.807, 2.05) is 18.2 Å². The molecular formula is C17H21N5O3S. The molecule has 1 aliphatic rings. The van der Waals surface area contributed by atoms with E-state index in [4.69, 9.17) is 9.88 Å². The van der Waals surface area contributed by atoms with Crippen molar-refractivity contribution in [3.63, 3.8) is 0 Å². The van der Waals surface area contributed by atoms with Crippen molar-refractivity contribution >= 4 is 26.8 Å². The molecule has 0 bridgehead atoms. The van der Waals surface area contributed by atoms with Gasteiger partial charge in [-0.25, -0.2) is 5.14 Å². The van der Waals surface area contributed by atoms with E-state index in [0.717, 1.165) is 40.4 Å². The molecule has 0 atom stereocenters. The molecule has 2 heterocycles. The molecule has 8 nitrogen and oxygen atoms in total. The number of methoxy groups -OCH3 is 1. The van der Waals surface area contributed by atoms with E-state index < -0.39 is 10.2 Å². The molecule has 2 N–H and O–H groups in total. The van der Waals surface area contributed by atoms with E-state index in [0.29, 0.717) is 23.8 Å². The topological polar surface area (TPSA) is 113 Å². The summed E-state index contributed by atoms with van der Waals surface area (Å²) in [6.45, 7) is 1.91. The monoisotopic (exact) mass is 375 g/mol. The van der Waals surface area contributed by atoms with Gasteiger partial charge in [0.05, 0.1) is 23.9 Å². The lowest BCUT2D eigenvalue weighted by atomic mass is 9.94. The van der Waals surface area contributed by atoms with Gasteiger partial charge in [-0.15, -0.1) is 0 Å². The minimum Gasteiger partial charge on any atom is -0.497 e. The van der Waals surface area contributed by atoms with E-state index in [-0.39, 0.29) is 0 Å². The minimum atomic E-state index is -3.64. The van der Waals surface area contributed by atoms with Gasteiger partial charge in [-0.2, -0.15) is 18.0 Å². The van der Waals surface area contributed by atoms with Crippen molar-refractivity contribution in [3.8, 4) is 11.8 Å². The first-order valence-electron chi connectivity index (χ1n) is 8.19. The number of hydrogen-bond donors (Lipinski definition) is 1. The Bertz CT molecular complexity index is 964. The molecule has 0 unspecified atom stereocenters. The first-order valence-corrected chi connectivity index (χ1v) is 9.69. The van der Waals surface area contributed by atoms with Crippen molar-refractivity contribution in [2.24, 2.45) is 11.1 Å². The lowest BCUT2D eigenvalue weighted by Gasteiger charge is -2.42. The van der Waals surface area contributed by atoms with Crippen LogP contribution in [0.5, 0.6) is 5.75 Å². The third-order valence-corrected chi connectivity index (χ3v) is 5.78. The van der Waals surface area contributed by atoms with Gasteiger partial charge in [0.1, 0.15) is 11.8 Å². The van der Waals surface area contributed by atoms with Gasteiger partial charge < -0.3 is 9.64 Å². The van der Waals surface area contributed by atoms with E-state index >= 15 is 0 Å². The Morgan fingerprint density at radius 1 is 1.46 bits per heavy atom. The summed E-state index contributed by atoms with van der Waals surface area (Å²) < 4.78 is 28.9. The maximum Gasteiger partial charge on any atom is 0.276 e. The Balaban J connectivity index is 1.76. The average molecular weight is 375 g/mol. The molecule has 1 aromatic heterocycles. The fourth-order valence-electron chi connectivity index (χ4n) is 3.13. The van der Waals surface area contributed by atoms with E-state index in [1.165, 1.54) is 7.05 Å². The Morgan fingerprint density at radius 3 is 2.81 bits per heavy atom. The minimum absolute atomic E-state index is 0.354. The van der Waals surface area contributed by atoms with Gasteiger partial charge in [0.2, 0.25) is 0 Å². The molecule has 0 radical (unpaired) electrons. The predicted octanol–water partition coefficient (Wildman–Crippen LogP) is 1.08. The Kier molecular flexibility index (Phi) is 5.00. The lowest BCUT2D eigenvalue weighted by molar-refractivity contribution is 0.345. The van der Waals surface area contributed by atoms with Crippen LogP contribution in [-0.2, 0) is 10.2 Å². The predicted molar refractivity (Wildman–Crippen MR) is 99.1 cm³/mol. The maximum atomic E-state index is 11.3. The summed E-state index contributed by atoms with van der Waals surface area (Å²) in [6.07, 6.45) is 2.31. The second-order valence-electron chi connectivity index (χ2n) is 6.44. The first kappa shape index (κ1) is 18.4. The second kappa shape index (κ2) is 7.07. The molecule has 0 spiro atoms. The third kappa shape index (κ3) is 3.58. The van der Waals surface area contributed by atoms with E-state index in [9.17, 15) is 13.7 Å². The number of benzene rings is 1. The van der Waals surface area contributed by atoms with Gasteiger partial charge in [0.15, 0.2) is 0 Å². The molecule has 1 aliphatic heterocycles. The number of nitrogens with zero attached hydrogens (tertiary/aromatic N) is 4. The Labute approximate surface area is 153 Å². The molecule has 1 saturated heterocycles. The van der Waals surface area contributed by atoms with E-state index in [1.54, 1.807) is 13.3 Å². The highest BCUT2D eigenvalue weighted by Crippen LogP contribution is 2.36. The van der Waals surface area contributed by atoms with Crippen LogP contribution in [0.2, 0.25) is 0 Å². The summed E-state index contributed by atoms with van der Waals surface area (Å²) >= 11 is 0. The molecular weight excluding hydrogens is 354 g/mol. The number of rotatable bonds is 6. The highest BCUT2D eigenvalue weighted by molar-refractivity contribution is 7.86. The lowest BCUT2D eigenvalue weighted by Crippen LogP contribution is -2.48. The van der Waals surface area contributed by atoms with Crippen molar-refractivity contribution in [2.75, 3.05) is 38.7 Å². The Morgan fingerprint density at radius 2 is 2.19 bits per heavy atom. The van der Waals surface area contributed by atoms with Gasteiger partial charge in [-0.1, -0.05) is 0 Å². The van der Waals surface area contributed by atoms with Gasteiger partial charge >= 0.3 is 0 Å². The molecule has 0 aliphatic carbocycles. The van der Waals surface area contributed by atoms with Crippen LogP contribution in [0.1, 0.15) is 12.0 Å². The maximum absolute atomic E-state index is 11.3. The number of fused-ring (bicyclic) bond motifs is 1. The largest absolute Gasteiger partial charge is 0.497 e. The van der Waals surface area contributed by atoms with Gasteiger partial charge in [0, 0.05) is 44.3 Å². The van der Waals surface area contributed by atoms with Crippen molar-refractivity contribution in [2.45, 2.75) is 6.42 Å². The second-order valence-corrected chi connectivity index (χ2v) is 8.09. The summed E-state index contributed by atoms with van der Waals surface area (Å²) in [7, 11) is -0.561. The number of nitrogens with two attached hydrogens (primary N) is 1. The number of anilines is 1. The van der Waals surface area contributed by atoms with Crippen LogP contribution in [0.4, 0.5) is 5.69 Å². The fraction of sp³-hybridized carbons (Fsp3) is 0.412. The van der Waals surface area contributed by atoms with E-state index in [2.05, 4.69) is 16.0 Å². The van der Waals surface area contributed by atoms with Crippen LogP contribution in [0, 0.1) is 17.2 Å². The molecule has 1 aromatic carbocycles. The smallest absolute Gasteiger partial charge is 0.276 e. The third-order valence-electron chi connectivity index (χ3n) is 4.73. The zero-order valence-electron chi connectivity index (χ0n) is 14.7.